The number of aliphatic hydroxyl groups is 2. The number of hydrogen-bond donors (Lipinski definition) is 3. The maximum atomic E-state index is 14.8. The molecule has 1 saturated heterocycles. The largest absolute Gasteiger partial charge is 0.385 e. The molecule has 0 aliphatic carbocycles. The molecule has 5 atom stereocenters. The Bertz CT molecular complexity index is 1250. The molecule has 1 fully saturated rings. The van der Waals surface area contributed by atoms with Gasteiger partial charge in [-0.05, 0) is 55.6 Å². The monoisotopic (exact) mass is 476 g/mol. The minimum Gasteiger partial charge on any atom is -0.385 e. The first kappa shape index (κ1) is 23.2. The zero-order chi connectivity index (χ0) is 24.4. The lowest BCUT2D eigenvalue weighted by Crippen LogP contribution is -2.47. The Balaban J connectivity index is 1.56. The van der Waals surface area contributed by atoms with Gasteiger partial charge in [0.15, 0.2) is 6.23 Å². The number of alkyl halides is 2. The quantitative estimate of drug-likeness (QED) is 0.535. The molecule has 0 radical (unpaired) electrons. The summed E-state index contributed by atoms with van der Waals surface area (Å²) in [5, 5.41) is 26.4. The van der Waals surface area contributed by atoms with Crippen LogP contribution in [0.2, 0.25) is 0 Å². The Morgan fingerprint density at radius 1 is 1.26 bits per heavy atom. The molecule has 34 heavy (non-hydrogen) atoms. The summed E-state index contributed by atoms with van der Waals surface area (Å²) in [7, 11) is 0. The number of halogens is 3. The van der Waals surface area contributed by atoms with Crippen molar-refractivity contribution in [3.05, 3.63) is 58.4 Å². The molecule has 1 unspecified atom stereocenters. The van der Waals surface area contributed by atoms with E-state index in [0.29, 0.717) is 36.3 Å². The van der Waals surface area contributed by atoms with Gasteiger partial charge in [0.25, 0.3) is 6.43 Å². The standard InChI is InChI=1S/C24H27F3N4O3/c1-11(15-8-16(21(26)27)18(25)14-4-6-28-9-17(14)15)20-24(3,33)19(32)23(34-20)31-7-5-13-12(2)29-10-30-22(13)31/h5,7-8,10-11,19-21,23,28,32-33H,4,6,9H2,1-3H3/t11?,19-,20+,23+,24-/m0/s1. The third-order valence-corrected chi connectivity index (χ3v) is 7.29. The van der Waals surface area contributed by atoms with Crippen LogP contribution < -0.4 is 5.32 Å². The molecule has 4 heterocycles. The van der Waals surface area contributed by atoms with Crippen molar-refractivity contribution in [2.75, 3.05) is 6.54 Å². The lowest BCUT2D eigenvalue weighted by atomic mass is 9.79. The number of nitrogens with zero attached hydrogens (tertiary/aromatic N) is 3. The number of fused-ring (bicyclic) bond motifs is 2. The fourth-order valence-corrected chi connectivity index (χ4v) is 5.39. The number of nitrogens with one attached hydrogen (secondary N) is 1. The first-order chi connectivity index (χ1) is 16.1. The van der Waals surface area contributed by atoms with E-state index in [1.54, 1.807) is 17.7 Å². The topological polar surface area (TPSA) is 92.4 Å². The molecule has 0 bridgehead atoms. The van der Waals surface area contributed by atoms with Gasteiger partial charge in [-0.25, -0.2) is 23.1 Å². The number of hydrogen-bond acceptors (Lipinski definition) is 6. The van der Waals surface area contributed by atoms with E-state index in [-0.39, 0.29) is 5.56 Å². The van der Waals surface area contributed by atoms with Crippen LogP contribution in [0.3, 0.4) is 0 Å². The second kappa shape index (κ2) is 8.30. The highest BCUT2D eigenvalue weighted by Crippen LogP contribution is 2.46. The number of aromatic nitrogens is 3. The molecule has 5 rings (SSSR count). The van der Waals surface area contributed by atoms with Crippen LogP contribution in [-0.4, -0.2) is 49.1 Å². The highest BCUT2D eigenvalue weighted by atomic mass is 19.3. The summed E-state index contributed by atoms with van der Waals surface area (Å²) in [5.41, 5.74) is 0.302. The normalized spacial score (nSPS) is 28.0. The number of rotatable bonds is 4. The summed E-state index contributed by atoms with van der Waals surface area (Å²) in [6.07, 6.45) is -2.78. The van der Waals surface area contributed by atoms with Gasteiger partial charge in [0.05, 0.1) is 17.4 Å². The minimum atomic E-state index is -2.97. The lowest BCUT2D eigenvalue weighted by molar-refractivity contribution is -0.0706. The molecule has 2 aliphatic heterocycles. The fraction of sp³-hybridized carbons (Fsp3) is 0.500. The molecular weight excluding hydrogens is 449 g/mol. The van der Waals surface area contributed by atoms with Crippen LogP contribution in [0.4, 0.5) is 13.2 Å². The number of aliphatic hydroxyl groups excluding tert-OH is 1. The van der Waals surface area contributed by atoms with Crippen LogP contribution in [0.25, 0.3) is 11.0 Å². The molecule has 2 aromatic heterocycles. The number of benzene rings is 1. The van der Waals surface area contributed by atoms with Gasteiger partial charge in [0, 0.05) is 24.0 Å². The van der Waals surface area contributed by atoms with Gasteiger partial charge < -0.3 is 24.8 Å². The molecule has 182 valence electrons. The van der Waals surface area contributed by atoms with E-state index < -0.39 is 47.8 Å². The molecule has 3 N–H and O–H groups in total. The van der Waals surface area contributed by atoms with Gasteiger partial charge in [-0.15, -0.1) is 0 Å². The van der Waals surface area contributed by atoms with Gasteiger partial charge in [-0.3, -0.25) is 0 Å². The maximum absolute atomic E-state index is 14.8. The van der Waals surface area contributed by atoms with Crippen molar-refractivity contribution >= 4 is 11.0 Å². The zero-order valence-electron chi connectivity index (χ0n) is 19.1. The molecule has 0 saturated carbocycles. The Hall–Kier alpha value is -2.53. The van der Waals surface area contributed by atoms with Crippen LogP contribution in [0.1, 0.15) is 60.4 Å². The zero-order valence-corrected chi connectivity index (χ0v) is 19.1. The van der Waals surface area contributed by atoms with E-state index >= 15 is 0 Å². The third-order valence-electron chi connectivity index (χ3n) is 7.29. The van der Waals surface area contributed by atoms with E-state index in [1.165, 1.54) is 19.3 Å². The summed E-state index contributed by atoms with van der Waals surface area (Å²) in [4.78, 5) is 8.47. The molecule has 7 nitrogen and oxygen atoms in total. The van der Waals surface area contributed by atoms with Crippen molar-refractivity contribution in [3.63, 3.8) is 0 Å². The first-order valence-corrected chi connectivity index (χ1v) is 11.3. The van der Waals surface area contributed by atoms with E-state index in [4.69, 9.17) is 4.74 Å². The van der Waals surface area contributed by atoms with Gasteiger partial charge in [0.2, 0.25) is 0 Å². The second-order valence-electron chi connectivity index (χ2n) is 9.38. The lowest BCUT2D eigenvalue weighted by Gasteiger charge is -2.33. The average molecular weight is 476 g/mol. The highest BCUT2D eigenvalue weighted by Gasteiger charge is 2.55. The van der Waals surface area contributed by atoms with Crippen LogP contribution in [0.5, 0.6) is 0 Å². The van der Waals surface area contributed by atoms with Crippen molar-refractivity contribution < 1.29 is 28.1 Å². The van der Waals surface area contributed by atoms with Crippen molar-refractivity contribution in [1.82, 2.24) is 19.9 Å². The molecule has 1 aromatic carbocycles. The fourth-order valence-electron chi connectivity index (χ4n) is 5.39. The van der Waals surface area contributed by atoms with E-state index in [9.17, 15) is 23.4 Å². The third kappa shape index (κ3) is 3.43. The van der Waals surface area contributed by atoms with Crippen LogP contribution in [0.15, 0.2) is 24.7 Å². The minimum absolute atomic E-state index is 0.275. The summed E-state index contributed by atoms with van der Waals surface area (Å²) >= 11 is 0. The van der Waals surface area contributed by atoms with Crippen LogP contribution in [0, 0.1) is 12.7 Å². The van der Waals surface area contributed by atoms with Gasteiger partial charge in [-0.2, -0.15) is 0 Å². The van der Waals surface area contributed by atoms with Gasteiger partial charge in [0.1, 0.15) is 29.5 Å². The van der Waals surface area contributed by atoms with Crippen molar-refractivity contribution in [3.8, 4) is 0 Å². The molecular formula is C24H27F3N4O3. The molecule has 0 amide bonds. The molecule has 3 aromatic rings. The Morgan fingerprint density at radius 3 is 2.76 bits per heavy atom. The van der Waals surface area contributed by atoms with Gasteiger partial charge >= 0.3 is 0 Å². The summed E-state index contributed by atoms with van der Waals surface area (Å²) in [6, 6.07) is 2.99. The second-order valence-corrected chi connectivity index (χ2v) is 9.38. The van der Waals surface area contributed by atoms with Crippen LogP contribution in [-0.2, 0) is 17.7 Å². The van der Waals surface area contributed by atoms with Crippen LogP contribution >= 0.6 is 0 Å². The van der Waals surface area contributed by atoms with Gasteiger partial charge in [-0.1, -0.05) is 6.92 Å². The van der Waals surface area contributed by atoms with E-state index in [0.717, 1.165) is 11.1 Å². The smallest absolute Gasteiger partial charge is 0.266 e. The van der Waals surface area contributed by atoms with E-state index in [2.05, 4.69) is 15.3 Å². The first-order valence-electron chi connectivity index (χ1n) is 11.3. The Morgan fingerprint density at radius 2 is 2.03 bits per heavy atom. The molecule has 2 aliphatic rings. The number of ether oxygens (including phenoxy) is 1. The highest BCUT2D eigenvalue weighted by molar-refractivity contribution is 5.78. The summed E-state index contributed by atoms with van der Waals surface area (Å²) in [6.45, 7) is 5.87. The maximum Gasteiger partial charge on any atom is 0.266 e. The summed E-state index contributed by atoms with van der Waals surface area (Å²) < 4.78 is 50.0. The van der Waals surface area contributed by atoms with E-state index in [1.807, 2.05) is 13.0 Å². The molecule has 10 heteroatoms. The Kier molecular flexibility index (Phi) is 5.67. The van der Waals surface area contributed by atoms with Crippen molar-refractivity contribution in [1.29, 1.82) is 0 Å². The molecule has 0 spiro atoms. The SMILES string of the molecule is Cc1ncnc2c1ccn2[C@@H]1O[C@H](C(C)c2cc(C(F)F)c(F)c3c2CNCC3)[C@@](C)(O)[C@H]1O. The summed E-state index contributed by atoms with van der Waals surface area (Å²) in [5.74, 6) is -1.48. The average Bonchev–Trinajstić information content (AvgIpc) is 3.33. The van der Waals surface area contributed by atoms with Crippen molar-refractivity contribution in [2.45, 2.75) is 70.1 Å². The Labute approximate surface area is 194 Å². The predicted molar refractivity (Wildman–Crippen MR) is 118 cm³/mol. The number of aryl methyl sites for hydroxylation is 1. The van der Waals surface area contributed by atoms with Crippen molar-refractivity contribution in [2.24, 2.45) is 0 Å². The predicted octanol–water partition coefficient (Wildman–Crippen LogP) is 3.28.